The fourth-order valence-electron chi connectivity index (χ4n) is 3.21. The molecule has 2 aromatic rings. The molecule has 0 aliphatic heterocycles. The molecule has 4 nitrogen and oxygen atoms in total. The van der Waals surface area contributed by atoms with Crippen LogP contribution in [0.1, 0.15) is 50.0 Å². The monoisotopic (exact) mass is 326 g/mol. The van der Waals surface area contributed by atoms with E-state index in [9.17, 15) is 0 Å². The second-order valence-corrected chi connectivity index (χ2v) is 7.92. The first-order chi connectivity index (χ1) is 10.0. The lowest BCUT2D eigenvalue weighted by molar-refractivity contribution is 0.319. The van der Waals surface area contributed by atoms with Gasteiger partial charge in [-0.1, -0.05) is 6.42 Å². The van der Waals surface area contributed by atoms with E-state index in [1.807, 2.05) is 25.6 Å². The maximum atomic E-state index is 6.40. The molecule has 0 amide bonds. The SMILES string of the molecule is CCn1nc(C)c2nc(C(C)Cl)n(CC3(SC)CCC3)c21. The zero-order chi connectivity index (χ0) is 15.2. The number of halogens is 1. The normalized spacial score (nSPS) is 18.9. The van der Waals surface area contributed by atoms with E-state index < -0.39 is 0 Å². The Labute approximate surface area is 135 Å². The zero-order valence-corrected chi connectivity index (χ0v) is 14.8. The van der Waals surface area contributed by atoms with Crippen molar-refractivity contribution in [1.82, 2.24) is 19.3 Å². The lowest BCUT2D eigenvalue weighted by Gasteiger charge is -2.41. The predicted molar refractivity (Wildman–Crippen MR) is 90.3 cm³/mol. The average Bonchev–Trinajstić information content (AvgIpc) is 2.93. The van der Waals surface area contributed by atoms with Crippen LogP contribution < -0.4 is 0 Å². The first-order valence-corrected chi connectivity index (χ1v) is 9.30. The van der Waals surface area contributed by atoms with Crippen molar-refractivity contribution in [3.8, 4) is 0 Å². The highest BCUT2D eigenvalue weighted by molar-refractivity contribution is 8.00. The zero-order valence-electron chi connectivity index (χ0n) is 13.2. The molecule has 1 fully saturated rings. The smallest absolute Gasteiger partial charge is 0.159 e. The summed E-state index contributed by atoms with van der Waals surface area (Å²) in [7, 11) is 0. The van der Waals surface area contributed by atoms with Gasteiger partial charge in [-0.25, -0.2) is 9.67 Å². The molecule has 0 spiro atoms. The number of hydrogen-bond donors (Lipinski definition) is 0. The highest BCUT2D eigenvalue weighted by Gasteiger charge is 2.38. The van der Waals surface area contributed by atoms with E-state index in [4.69, 9.17) is 16.6 Å². The van der Waals surface area contributed by atoms with Gasteiger partial charge in [-0.2, -0.15) is 16.9 Å². The summed E-state index contributed by atoms with van der Waals surface area (Å²) in [5.41, 5.74) is 3.14. The molecule has 3 rings (SSSR count). The van der Waals surface area contributed by atoms with E-state index >= 15 is 0 Å². The van der Waals surface area contributed by atoms with Crippen molar-refractivity contribution in [2.75, 3.05) is 6.26 Å². The maximum Gasteiger partial charge on any atom is 0.159 e. The summed E-state index contributed by atoms with van der Waals surface area (Å²) in [6, 6.07) is 0. The number of hydrogen-bond acceptors (Lipinski definition) is 3. The number of rotatable bonds is 5. The molecule has 0 N–H and O–H groups in total. The van der Waals surface area contributed by atoms with E-state index in [1.54, 1.807) is 0 Å². The van der Waals surface area contributed by atoms with Crippen LogP contribution in [0, 0.1) is 6.92 Å². The van der Waals surface area contributed by atoms with Crippen molar-refractivity contribution >= 4 is 34.5 Å². The van der Waals surface area contributed by atoms with Crippen LogP contribution in [-0.4, -0.2) is 30.3 Å². The van der Waals surface area contributed by atoms with Crippen LogP contribution in [-0.2, 0) is 13.1 Å². The molecule has 0 bridgehead atoms. The Balaban J connectivity index is 2.15. The number of aryl methyl sites for hydroxylation is 2. The Hall–Kier alpha value is -0.680. The van der Waals surface area contributed by atoms with Gasteiger partial charge in [-0.05, 0) is 39.9 Å². The summed E-state index contributed by atoms with van der Waals surface area (Å²) < 4.78 is 4.74. The molecular weight excluding hydrogens is 304 g/mol. The van der Waals surface area contributed by atoms with Gasteiger partial charge >= 0.3 is 0 Å². The third-order valence-corrected chi connectivity index (χ3v) is 6.23. The number of fused-ring (bicyclic) bond motifs is 1. The van der Waals surface area contributed by atoms with Gasteiger partial charge < -0.3 is 4.57 Å². The van der Waals surface area contributed by atoms with Crippen LogP contribution >= 0.6 is 23.4 Å². The highest BCUT2D eigenvalue weighted by Crippen LogP contribution is 2.45. The highest BCUT2D eigenvalue weighted by atomic mass is 35.5. The Kier molecular flexibility index (Phi) is 3.99. The summed E-state index contributed by atoms with van der Waals surface area (Å²) >= 11 is 8.38. The van der Waals surface area contributed by atoms with E-state index in [0.717, 1.165) is 35.8 Å². The standard InChI is InChI=1S/C15H23ClN4S/c1-5-20-14-12(11(3)18-20)17-13(10(2)16)19(14)9-15(21-4)7-6-8-15/h10H,5-9H2,1-4H3. The molecule has 1 aliphatic rings. The van der Waals surface area contributed by atoms with Crippen LogP contribution in [0.25, 0.3) is 11.2 Å². The summed E-state index contributed by atoms with van der Waals surface area (Å²) in [4.78, 5) is 4.80. The molecule has 116 valence electrons. The minimum Gasteiger partial charge on any atom is -0.310 e. The molecular formula is C15H23ClN4S. The second kappa shape index (κ2) is 5.51. The predicted octanol–water partition coefficient (Wildman–Crippen LogP) is 4.15. The Morgan fingerprint density at radius 1 is 1.43 bits per heavy atom. The molecule has 0 saturated heterocycles. The molecule has 6 heteroatoms. The molecule has 1 aliphatic carbocycles. The molecule has 21 heavy (non-hydrogen) atoms. The van der Waals surface area contributed by atoms with Gasteiger partial charge in [-0.15, -0.1) is 11.6 Å². The molecule has 2 heterocycles. The van der Waals surface area contributed by atoms with Crippen molar-refractivity contribution in [3.05, 3.63) is 11.5 Å². The van der Waals surface area contributed by atoms with E-state index in [1.165, 1.54) is 19.3 Å². The first kappa shape index (κ1) is 15.2. The number of aromatic nitrogens is 4. The number of alkyl halides is 1. The molecule has 0 radical (unpaired) electrons. The van der Waals surface area contributed by atoms with Crippen LogP contribution in [0.5, 0.6) is 0 Å². The first-order valence-electron chi connectivity index (χ1n) is 7.64. The maximum absolute atomic E-state index is 6.40. The third kappa shape index (κ3) is 2.38. The van der Waals surface area contributed by atoms with Gasteiger partial charge in [0.25, 0.3) is 0 Å². The van der Waals surface area contributed by atoms with E-state index in [0.29, 0.717) is 4.75 Å². The second-order valence-electron chi connectivity index (χ2n) is 5.99. The fourth-order valence-corrected chi connectivity index (χ4v) is 4.33. The molecule has 0 aromatic carbocycles. The minimum atomic E-state index is -0.0823. The Bertz CT molecular complexity index is 649. The summed E-state index contributed by atoms with van der Waals surface area (Å²) in [6.07, 6.45) is 6.11. The van der Waals surface area contributed by atoms with Gasteiger partial charge in [0.05, 0.1) is 11.1 Å². The van der Waals surface area contributed by atoms with Crippen molar-refractivity contribution < 1.29 is 0 Å². The number of thioether (sulfide) groups is 1. The van der Waals surface area contributed by atoms with Gasteiger partial charge in [0.1, 0.15) is 11.3 Å². The van der Waals surface area contributed by atoms with Crippen LogP contribution in [0.15, 0.2) is 0 Å². The molecule has 1 atom stereocenters. The number of nitrogens with zero attached hydrogens (tertiary/aromatic N) is 4. The lowest BCUT2D eigenvalue weighted by Crippen LogP contribution is -2.38. The van der Waals surface area contributed by atoms with Crippen molar-refractivity contribution in [1.29, 1.82) is 0 Å². The topological polar surface area (TPSA) is 35.6 Å². The molecule has 1 unspecified atom stereocenters. The quantitative estimate of drug-likeness (QED) is 0.774. The van der Waals surface area contributed by atoms with Crippen molar-refractivity contribution in [2.45, 2.75) is 63.2 Å². The summed E-state index contributed by atoms with van der Waals surface area (Å²) in [5.74, 6) is 0.981. The van der Waals surface area contributed by atoms with Crippen LogP contribution in [0.3, 0.4) is 0 Å². The Morgan fingerprint density at radius 2 is 2.14 bits per heavy atom. The minimum absolute atomic E-state index is 0.0823. The molecule has 1 saturated carbocycles. The Morgan fingerprint density at radius 3 is 2.62 bits per heavy atom. The lowest BCUT2D eigenvalue weighted by atomic mass is 9.84. The summed E-state index contributed by atoms with van der Waals surface area (Å²) in [6.45, 7) is 8.01. The van der Waals surface area contributed by atoms with Crippen molar-refractivity contribution in [2.24, 2.45) is 0 Å². The molecule has 2 aromatic heterocycles. The summed E-state index contributed by atoms with van der Waals surface area (Å²) in [5, 5.41) is 4.53. The average molecular weight is 327 g/mol. The van der Waals surface area contributed by atoms with E-state index in [-0.39, 0.29) is 5.38 Å². The van der Waals surface area contributed by atoms with E-state index in [2.05, 4.69) is 27.5 Å². The van der Waals surface area contributed by atoms with Crippen LogP contribution in [0.2, 0.25) is 0 Å². The van der Waals surface area contributed by atoms with Crippen LogP contribution in [0.4, 0.5) is 0 Å². The number of imidazole rings is 1. The largest absolute Gasteiger partial charge is 0.310 e. The van der Waals surface area contributed by atoms with Crippen molar-refractivity contribution in [3.63, 3.8) is 0 Å². The van der Waals surface area contributed by atoms with Gasteiger partial charge in [0, 0.05) is 17.8 Å². The van der Waals surface area contributed by atoms with Gasteiger partial charge in [0.15, 0.2) is 5.65 Å². The fraction of sp³-hybridized carbons (Fsp3) is 0.733. The van der Waals surface area contributed by atoms with Gasteiger partial charge in [0.2, 0.25) is 0 Å². The third-order valence-electron chi connectivity index (χ3n) is 4.63. The van der Waals surface area contributed by atoms with Gasteiger partial charge in [-0.3, -0.25) is 0 Å².